The second-order valence-electron chi connectivity index (χ2n) is 7.10. The van der Waals surface area contributed by atoms with Crippen LogP contribution in [-0.2, 0) is 22.4 Å². The molecule has 188 valence electrons. The van der Waals surface area contributed by atoms with Gasteiger partial charge in [-0.05, 0) is 42.5 Å². The molecule has 2 N–H and O–H groups in total. The van der Waals surface area contributed by atoms with Crippen LogP contribution in [0.1, 0.15) is 16.7 Å². The van der Waals surface area contributed by atoms with E-state index in [-0.39, 0.29) is 34.4 Å². The fourth-order valence-corrected chi connectivity index (χ4v) is 3.15. The van der Waals surface area contributed by atoms with Crippen molar-refractivity contribution in [2.24, 2.45) is 5.10 Å². The second-order valence-corrected chi connectivity index (χ2v) is 7.51. The number of anilines is 1. The van der Waals surface area contributed by atoms with Gasteiger partial charge in [-0.15, -0.1) is 0 Å². The first-order valence-corrected chi connectivity index (χ1v) is 10.5. The number of alkyl halides is 3. The highest BCUT2D eigenvalue weighted by atomic mass is 35.5. The molecule has 0 spiro atoms. The van der Waals surface area contributed by atoms with E-state index in [9.17, 15) is 27.2 Å². The third kappa shape index (κ3) is 6.72. The normalized spacial score (nSPS) is 11.3. The van der Waals surface area contributed by atoms with Gasteiger partial charge in [0.15, 0.2) is 11.5 Å². The summed E-state index contributed by atoms with van der Waals surface area (Å²) in [5.41, 5.74) is 1.19. The maximum atomic E-state index is 14.1. The van der Waals surface area contributed by atoms with Gasteiger partial charge in [-0.1, -0.05) is 29.8 Å². The lowest BCUT2D eigenvalue weighted by Crippen LogP contribution is -2.32. The molecule has 0 saturated heterocycles. The highest BCUT2D eigenvalue weighted by molar-refractivity contribution is 6.39. The van der Waals surface area contributed by atoms with Crippen LogP contribution in [0.4, 0.5) is 23.2 Å². The summed E-state index contributed by atoms with van der Waals surface area (Å²) in [5, 5.41) is 5.92. The van der Waals surface area contributed by atoms with E-state index in [2.05, 4.69) is 10.4 Å². The van der Waals surface area contributed by atoms with Gasteiger partial charge < -0.3 is 14.8 Å². The lowest BCUT2D eigenvalue weighted by molar-refractivity contribution is -0.137. The zero-order chi connectivity index (χ0) is 26.3. The smallest absolute Gasteiger partial charge is 0.416 e. The number of nitrogens with zero attached hydrogens (tertiary/aromatic N) is 1. The lowest BCUT2D eigenvalue weighted by Gasteiger charge is -2.14. The quantitative estimate of drug-likeness (QED) is 0.193. The van der Waals surface area contributed by atoms with Crippen LogP contribution in [0.5, 0.6) is 11.5 Å². The maximum Gasteiger partial charge on any atom is 0.416 e. The summed E-state index contributed by atoms with van der Waals surface area (Å²) in [7, 11) is 1.39. The Morgan fingerprint density at radius 3 is 2.47 bits per heavy atom. The molecule has 0 heterocycles. The number of hydrazone groups is 1. The molecule has 0 aliphatic carbocycles. The molecule has 0 radical (unpaired) electrons. The highest BCUT2D eigenvalue weighted by Crippen LogP contribution is 2.32. The van der Waals surface area contributed by atoms with Crippen LogP contribution in [0.3, 0.4) is 0 Å². The van der Waals surface area contributed by atoms with Gasteiger partial charge in [0.2, 0.25) is 0 Å². The summed E-state index contributed by atoms with van der Waals surface area (Å²) in [4.78, 5) is 24.1. The van der Waals surface area contributed by atoms with Crippen molar-refractivity contribution in [1.82, 2.24) is 5.43 Å². The topological polar surface area (TPSA) is 89.0 Å². The molecule has 0 bridgehead atoms. The van der Waals surface area contributed by atoms with Crippen molar-refractivity contribution in [1.29, 1.82) is 0 Å². The van der Waals surface area contributed by atoms with E-state index >= 15 is 0 Å². The number of benzene rings is 3. The molecule has 0 saturated carbocycles. The van der Waals surface area contributed by atoms with E-state index in [4.69, 9.17) is 21.1 Å². The number of hydrogen-bond acceptors (Lipinski definition) is 5. The molecule has 0 unspecified atom stereocenters. The number of ether oxygens (including phenoxy) is 2. The average molecular weight is 524 g/mol. The van der Waals surface area contributed by atoms with Gasteiger partial charge in [0.25, 0.3) is 0 Å². The minimum atomic E-state index is -4.61. The Kier molecular flexibility index (Phi) is 8.49. The number of nitrogens with one attached hydrogen (secondary N) is 2. The number of rotatable bonds is 7. The molecule has 2 amide bonds. The molecule has 0 aliphatic heterocycles. The van der Waals surface area contributed by atoms with E-state index in [0.717, 1.165) is 18.3 Å². The van der Waals surface area contributed by atoms with Crippen molar-refractivity contribution in [3.05, 3.63) is 88.2 Å². The highest BCUT2D eigenvalue weighted by Gasteiger charge is 2.30. The average Bonchev–Trinajstić information content (AvgIpc) is 2.83. The van der Waals surface area contributed by atoms with Crippen LogP contribution < -0.4 is 20.2 Å². The fourth-order valence-electron chi connectivity index (χ4n) is 2.94. The van der Waals surface area contributed by atoms with Gasteiger partial charge in [-0.25, -0.2) is 9.82 Å². The van der Waals surface area contributed by atoms with E-state index in [1.54, 1.807) is 18.2 Å². The summed E-state index contributed by atoms with van der Waals surface area (Å²) >= 11 is 6.03. The van der Waals surface area contributed by atoms with Crippen molar-refractivity contribution < 1.29 is 36.6 Å². The number of methoxy groups -OCH3 is 1. The van der Waals surface area contributed by atoms with Crippen LogP contribution >= 0.6 is 11.6 Å². The largest absolute Gasteiger partial charge is 0.493 e. The molecule has 0 aliphatic rings. The van der Waals surface area contributed by atoms with Crippen molar-refractivity contribution in [3.8, 4) is 11.5 Å². The zero-order valence-electron chi connectivity index (χ0n) is 18.5. The lowest BCUT2D eigenvalue weighted by atomic mass is 10.2. The first kappa shape index (κ1) is 26.5. The SMILES string of the molecule is COc1cccc(/C=N\NC(=O)C(=O)Nc2cccc(C(F)(F)F)c2)c1OCc1c(F)cccc1Cl. The van der Waals surface area contributed by atoms with E-state index < -0.39 is 29.4 Å². The number of carbonyl (C=O) groups is 2. The van der Waals surface area contributed by atoms with Crippen LogP contribution in [0.25, 0.3) is 0 Å². The molecular formula is C24H18ClF4N3O4. The fraction of sp³-hybridized carbons (Fsp3) is 0.125. The monoisotopic (exact) mass is 523 g/mol. The van der Waals surface area contributed by atoms with Crippen LogP contribution in [0.2, 0.25) is 5.02 Å². The van der Waals surface area contributed by atoms with Gasteiger partial charge in [0.05, 0.1) is 23.9 Å². The zero-order valence-corrected chi connectivity index (χ0v) is 19.3. The Morgan fingerprint density at radius 1 is 1.06 bits per heavy atom. The van der Waals surface area contributed by atoms with Gasteiger partial charge >= 0.3 is 18.0 Å². The number of halogens is 5. The predicted octanol–water partition coefficient (Wildman–Crippen LogP) is 5.17. The maximum absolute atomic E-state index is 14.1. The standard InChI is InChI=1S/C24H18ClF4N3O4/c1-35-20-10-2-5-14(21(20)36-13-17-18(25)8-4-9-19(17)26)12-30-32-23(34)22(33)31-16-7-3-6-15(11-16)24(27,28)29/h2-12H,13H2,1H3,(H,31,33)(H,32,34)/b30-12-. The molecule has 3 aromatic carbocycles. The molecule has 0 atom stereocenters. The van der Waals surface area contributed by atoms with E-state index in [0.29, 0.717) is 11.6 Å². The Bertz CT molecular complexity index is 1280. The number of para-hydroxylation sites is 1. The minimum Gasteiger partial charge on any atom is -0.493 e. The second kappa shape index (κ2) is 11.5. The summed E-state index contributed by atoms with van der Waals surface area (Å²) in [6.45, 7) is -0.238. The van der Waals surface area contributed by atoms with Crippen LogP contribution in [-0.4, -0.2) is 25.1 Å². The summed E-state index contributed by atoms with van der Waals surface area (Å²) in [6, 6.07) is 12.7. The molecule has 12 heteroatoms. The molecule has 0 aromatic heterocycles. The van der Waals surface area contributed by atoms with Gasteiger partial charge in [0, 0.05) is 16.8 Å². The van der Waals surface area contributed by atoms with Crippen molar-refractivity contribution >= 4 is 35.3 Å². The van der Waals surface area contributed by atoms with E-state index in [1.807, 2.05) is 5.43 Å². The first-order chi connectivity index (χ1) is 17.1. The molecule has 3 rings (SSSR count). The van der Waals surface area contributed by atoms with Gasteiger partial charge in [-0.3, -0.25) is 9.59 Å². The number of hydrogen-bond donors (Lipinski definition) is 2. The number of carbonyl (C=O) groups excluding carboxylic acids is 2. The molecule has 3 aromatic rings. The van der Waals surface area contributed by atoms with Crippen molar-refractivity contribution in [2.75, 3.05) is 12.4 Å². The summed E-state index contributed by atoms with van der Waals surface area (Å²) in [5.74, 6) is -2.59. The Balaban J connectivity index is 1.69. The molecular weight excluding hydrogens is 506 g/mol. The van der Waals surface area contributed by atoms with Crippen LogP contribution in [0.15, 0.2) is 65.8 Å². The number of amides is 2. The third-order valence-corrected chi connectivity index (χ3v) is 5.03. The summed E-state index contributed by atoms with van der Waals surface area (Å²) in [6.07, 6.45) is -3.46. The minimum absolute atomic E-state index is 0.118. The Hall–Kier alpha value is -4.12. The Morgan fingerprint density at radius 2 is 1.78 bits per heavy atom. The predicted molar refractivity (Wildman–Crippen MR) is 125 cm³/mol. The van der Waals surface area contributed by atoms with Crippen molar-refractivity contribution in [3.63, 3.8) is 0 Å². The third-order valence-electron chi connectivity index (χ3n) is 4.68. The molecule has 36 heavy (non-hydrogen) atoms. The first-order valence-electron chi connectivity index (χ1n) is 10.1. The van der Waals surface area contributed by atoms with E-state index in [1.165, 1.54) is 31.4 Å². The summed E-state index contributed by atoms with van der Waals surface area (Å²) < 4.78 is 63.5. The molecule has 7 nitrogen and oxygen atoms in total. The molecule has 0 fully saturated rings. The van der Waals surface area contributed by atoms with Gasteiger partial charge in [-0.2, -0.15) is 18.3 Å². The van der Waals surface area contributed by atoms with Crippen molar-refractivity contribution in [2.45, 2.75) is 12.8 Å². The van der Waals surface area contributed by atoms with Crippen LogP contribution in [0, 0.1) is 5.82 Å². The van der Waals surface area contributed by atoms with Gasteiger partial charge in [0.1, 0.15) is 12.4 Å². The Labute approximate surface area is 207 Å².